The molecule has 0 heterocycles. The van der Waals surface area contributed by atoms with Crippen LogP contribution in [0.3, 0.4) is 0 Å². The van der Waals surface area contributed by atoms with Crippen LogP contribution in [0.1, 0.15) is 42.5 Å². The van der Waals surface area contributed by atoms with Gasteiger partial charge in [-0.15, -0.1) is 0 Å². The number of methoxy groups -OCH3 is 1. The van der Waals surface area contributed by atoms with Gasteiger partial charge in [0, 0.05) is 5.56 Å². The second-order valence-corrected chi connectivity index (χ2v) is 5.19. The molecule has 0 saturated heterocycles. The van der Waals surface area contributed by atoms with Crippen molar-refractivity contribution >= 4 is 5.78 Å². The Morgan fingerprint density at radius 1 is 1.35 bits per heavy atom. The fourth-order valence-electron chi connectivity index (χ4n) is 2.48. The topological polar surface area (TPSA) is 38.3 Å². The van der Waals surface area contributed by atoms with Crippen LogP contribution in [0.15, 0.2) is 35.9 Å². The van der Waals surface area contributed by atoms with Crippen LogP contribution in [0, 0.1) is 0 Å². The number of hydrogen-bond acceptors (Lipinski definition) is 3. The van der Waals surface area contributed by atoms with E-state index in [0.29, 0.717) is 12.1 Å². The number of nitrogens with one attached hydrogen (secondary N) is 1. The van der Waals surface area contributed by atoms with E-state index in [0.717, 1.165) is 18.7 Å². The van der Waals surface area contributed by atoms with Gasteiger partial charge in [-0.3, -0.25) is 4.79 Å². The van der Waals surface area contributed by atoms with Crippen LogP contribution in [-0.2, 0) is 0 Å². The number of rotatable bonds is 7. The van der Waals surface area contributed by atoms with E-state index in [1.807, 2.05) is 18.2 Å². The first-order valence-corrected chi connectivity index (χ1v) is 7.35. The van der Waals surface area contributed by atoms with Gasteiger partial charge in [0.15, 0.2) is 5.78 Å². The van der Waals surface area contributed by atoms with Gasteiger partial charge in [-0.1, -0.05) is 23.8 Å². The fraction of sp³-hybridized carbons (Fsp3) is 0.471. The number of benzene rings is 1. The molecule has 0 aromatic heterocycles. The molecule has 1 aliphatic rings. The summed E-state index contributed by atoms with van der Waals surface area (Å²) in [6.07, 6.45) is 8.50. The van der Waals surface area contributed by atoms with Gasteiger partial charge in [0.1, 0.15) is 5.75 Å². The van der Waals surface area contributed by atoms with Crippen molar-refractivity contribution < 1.29 is 9.53 Å². The molecule has 20 heavy (non-hydrogen) atoms. The second kappa shape index (κ2) is 7.85. The van der Waals surface area contributed by atoms with Gasteiger partial charge >= 0.3 is 0 Å². The third-order valence-corrected chi connectivity index (χ3v) is 3.69. The minimum Gasteiger partial charge on any atom is -0.497 e. The molecule has 1 aromatic rings. The number of ketones is 1. The standard InChI is InChI=1S/C17H23NO2/c1-20-16-9-5-8-15(12-16)17(19)13-18-11-10-14-6-3-2-4-7-14/h5-6,8-9,12,18H,2-4,7,10-11,13H2,1H3. The monoisotopic (exact) mass is 273 g/mol. The molecule has 0 unspecified atom stereocenters. The largest absolute Gasteiger partial charge is 0.497 e. The van der Waals surface area contributed by atoms with E-state index in [2.05, 4.69) is 11.4 Å². The minimum atomic E-state index is 0.113. The maximum atomic E-state index is 12.0. The molecule has 1 aromatic carbocycles. The molecule has 1 aliphatic carbocycles. The third-order valence-electron chi connectivity index (χ3n) is 3.69. The molecule has 0 radical (unpaired) electrons. The molecule has 3 heteroatoms. The lowest BCUT2D eigenvalue weighted by atomic mass is 9.97. The molecule has 0 aliphatic heterocycles. The van der Waals surface area contributed by atoms with Gasteiger partial charge in [0.25, 0.3) is 0 Å². The van der Waals surface area contributed by atoms with Gasteiger partial charge in [-0.25, -0.2) is 0 Å². The van der Waals surface area contributed by atoms with Crippen molar-refractivity contribution in [2.24, 2.45) is 0 Å². The second-order valence-electron chi connectivity index (χ2n) is 5.19. The molecule has 1 N–H and O–H groups in total. The van der Waals surface area contributed by atoms with Crippen molar-refractivity contribution in [3.63, 3.8) is 0 Å². The molecular formula is C17H23NO2. The number of ether oxygens (including phenoxy) is 1. The van der Waals surface area contributed by atoms with Crippen molar-refractivity contribution in [3.05, 3.63) is 41.5 Å². The Balaban J connectivity index is 1.73. The Hall–Kier alpha value is -1.61. The Bertz CT molecular complexity index is 480. The maximum Gasteiger partial charge on any atom is 0.176 e. The van der Waals surface area contributed by atoms with Gasteiger partial charge in [0.2, 0.25) is 0 Å². The van der Waals surface area contributed by atoms with E-state index in [9.17, 15) is 4.79 Å². The summed E-state index contributed by atoms with van der Waals surface area (Å²) in [5, 5.41) is 3.24. The highest BCUT2D eigenvalue weighted by molar-refractivity contribution is 5.97. The highest BCUT2D eigenvalue weighted by atomic mass is 16.5. The summed E-state index contributed by atoms with van der Waals surface area (Å²) in [5.74, 6) is 0.838. The zero-order valence-corrected chi connectivity index (χ0v) is 12.2. The van der Waals surface area contributed by atoms with Crippen molar-refractivity contribution in [1.82, 2.24) is 5.32 Å². The van der Waals surface area contributed by atoms with E-state index in [-0.39, 0.29) is 5.78 Å². The summed E-state index contributed by atoms with van der Waals surface area (Å²) in [4.78, 5) is 12.0. The lowest BCUT2D eigenvalue weighted by Crippen LogP contribution is -2.24. The summed E-state index contributed by atoms with van der Waals surface area (Å²) in [7, 11) is 1.61. The molecule has 0 bridgehead atoms. The summed E-state index contributed by atoms with van der Waals surface area (Å²) in [5.41, 5.74) is 2.24. The predicted octanol–water partition coefficient (Wildman–Crippen LogP) is 3.36. The summed E-state index contributed by atoms with van der Waals surface area (Å²) in [6, 6.07) is 7.31. The molecule has 0 spiro atoms. The van der Waals surface area contributed by atoms with Crippen LogP contribution in [0.5, 0.6) is 5.75 Å². The van der Waals surface area contributed by atoms with E-state index in [1.165, 1.54) is 31.3 Å². The average molecular weight is 273 g/mol. The first-order valence-electron chi connectivity index (χ1n) is 7.35. The summed E-state index contributed by atoms with van der Waals surface area (Å²) < 4.78 is 5.13. The van der Waals surface area contributed by atoms with Crippen LogP contribution in [0.4, 0.5) is 0 Å². The molecular weight excluding hydrogens is 250 g/mol. The van der Waals surface area contributed by atoms with Gasteiger partial charge in [0.05, 0.1) is 13.7 Å². The van der Waals surface area contributed by atoms with Crippen LogP contribution in [0.2, 0.25) is 0 Å². The quantitative estimate of drug-likeness (QED) is 0.470. The molecule has 0 saturated carbocycles. The van der Waals surface area contributed by atoms with Crippen LogP contribution < -0.4 is 10.1 Å². The summed E-state index contributed by atoms with van der Waals surface area (Å²) in [6.45, 7) is 1.27. The number of allylic oxidation sites excluding steroid dienone is 1. The first-order chi connectivity index (χ1) is 9.79. The van der Waals surface area contributed by atoms with Gasteiger partial charge in [-0.2, -0.15) is 0 Å². The lowest BCUT2D eigenvalue weighted by Gasteiger charge is -2.12. The van der Waals surface area contributed by atoms with Crippen LogP contribution >= 0.6 is 0 Å². The molecule has 0 amide bonds. The van der Waals surface area contributed by atoms with Gasteiger partial charge < -0.3 is 10.1 Å². The normalized spacial score (nSPS) is 14.8. The molecule has 3 nitrogen and oxygen atoms in total. The number of carbonyl (C=O) groups excluding carboxylic acids is 1. The van der Waals surface area contributed by atoms with Crippen molar-refractivity contribution in [2.75, 3.05) is 20.2 Å². The van der Waals surface area contributed by atoms with E-state index >= 15 is 0 Å². The summed E-state index contributed by atoms with van der Waals surface area (Å²) >= 11 is 0. The van der Waals surface area contributed by atoms with E-state index < -0.39 is 0 Å². The zero-order valence-electron chi connectivity index (χ0n) is 12.2. The predicted molar refractivity (Wildman–Crippen MR) is 81.4 cm³/mol. The average Bonchev–Trinajstić information content (AvgIpc) is 2.52. The molecule has 108 valence electrons. The Labute approximate surface area is 121 Å². The zero-order chi connectivity index (χ0) is 14.2. The molecule has 2 rings (SSSR count). The Kier molecular flexibility index (Phi) is 5.81. The maximum absolute atomic E-state index is 12.0. The first kappa shape index (κ1) is 14.8. The Morgan fingerprint density at radius 2 is 2.25 bits per heavy atom. The fourth-order valence-corrected chi connectivity index (χ4v) is 2.48. The SMILES string of the molecule is COc1cccc(C(=O)CNCCC2=CCCCC2)c1. The highest BCUT2D eigenvalue weighted by Crippen LogP contribution is 2.19. The van der Waals surface area contributed by atoms with Crippen LogP contribution in [0.25, 0.3) is 0 Å². The molecule has 0 atom stereocenters. The van der Waals surface area contributed by atoms with Gasteiger partial charge in [-0.05, 0) is 50.8 Å². The highest BCUT2D eigenvalue weighted by Gasteiger charge is 2.07. The minimum absolute atomic E-state index is 0.113. The molecule has 0 fully saturated rings. The Morgan fingerprint density at radius 3 is 3.00 bits per heavy atom. The number of hydrogen-bond donors (Lipinski definition) is 1. The van der Waals surface area contributed by atoms with E-state index in [1.54, 1.807) is 13.2 Å². The van der Waals surface area contributed by atoms with Crippen molar-refractivity contribution in [2.45, 2.75) is 32.1 Å². The van der Waals surface area contributed by atoms with Crippen molar-refractivity contribution in [3.8, 4) is 5.75 Å². The lowest BCUT2D eigenvalue weighted by molar-refractivity contribution is 0.0991. The number of Topliss-reactive ketones (excluding diaryl/α,β-unsaturated/α-hetero) is 1. The van der Waals surface area contributed by atoms with Crippen molar-refractivity contribution in [1.29, 1.82) is 0 Å². The van der Waals surface area contributed by atoms with E-state index in [4.69, 9.17) is 4.74 Å². The smallest absolute Gasteiger partial charge is 0.176 e. The number of carbonyl (C=O) groups is 1. The third kappa shape index (κ3) is 4.49. The van der Waals surface area contributed by atoms with Crippen LogP contribution in [-0.4, -0.2) is 26.0 Å².